The van der Waals surface area contributed by atoms with Gasteiger partial charge in [-0.2, -0.15) is 0 Å². The maximum atomic E-state index is 3.84. The Kier molecular flexibility index (Phi) is 6.85. The standard InChI is InChI=1S/C36H32N4Si/c1-5-17-29(18-6-1)37-33-25-13-14-26-34(33)38(30-19-7-2-8-20-30)41-39(31-21-9-3-10-22-31)35-27-15-16-28-36(35)40(41)32-23-11-4-12-24-32/h1-28,33-34,37,41H. The summed E-state index contributed by atoms with van der Waals surface area (Å²) in [6.07, 6.45) is 9.01. The van der Waals surface area contributed by atoms with E-state index >= 15 is 0 Å². The summed E-state index contributed by atoms with van der Waals surface area (Å²) >= 11 is 0. The van der Waals surface area contributed by atoms with E-state index in [1.54, 1.807) is 0 Å². The van der Waals surface area contributed by atoms with Gasteiger partial charge in [-0.1, -0.05) is 109 Å². The monoisotopic (exact) mass is 548 g/mol. The smallest absolute Gasteiger partial charge is 0.373 e. The third-order valence-electron chi connectivity index (χ3n) is 7.77. The summed E-state index contributed by atoms with van der Waals surface area (Å²) in [4.78, 5) is 0. The van der Waals surface area contributed by atoms with Gasteiger partial charge in [-0.25, -0.2) is 0 Å². The normalized spacial score (nSPS) is 17.9. The van der Waals surface area contributed by atoms with E-state index in [1.807, 2.05) is 0 Å². The Morgan fingerprint density at radius 1 is 0.512 bits per heavy atom. The van der Waals surface area contributed by atoms with Gasteiger partial charge in [-0.05, 0) is 60.7 Å². The Morgan fingerprint density at radius 2 is 0.976 bits per heavy atom. The van der Waals surface area contributed by atoms with Crippen LogP contribution in [0.5, 0.6) is 0 Å². The van der Waals surface area contributed by atoms with Crippen LogP contribution in [0.15, 0.2) is 170 Å². The lowest BCUT2D eigenvalue weighted by atomic mass is 10.0. The van der Waals surface area contributed by atoms with E-state index < -0.39 is 9.28 Å². The summed E-state index contributed by atoms with van der Waals surface area (Å²) in [5.74, 6) is 0. The van der Waals surface area contributed by atoms with Crippen LogP contribution in [0.3, 0.4) is 0 Å². The molecule has 5 aromatic carbocycles. The molecule has 0 spiro atoms. The molecule has 1 heterocycles. The average molecular weight is 549 g/mol. The minimum absolute atomic E-state index is 0.0750. The van der Waals surface area contributed by atoms with Gasteiger partial charge >= 0.3 is 9.28 Å². The fraction of sp³-hybridized carbons (Fsp3) is 0.0556. The number of hydrogen-bond donors (Lipinski definition) is 1. The van der Waals surface area contributed by atoms with Crippen LogP contribution < -0.4 is 19.0 Å². The van der Waals surface area contributed by atoms with Crippen molar-refractivity contribution in [2.45, 2.75) is 12.1 Å². The summed E-state index contributed by atoms with van der Waals surface area (Å²) in [5, 5.41) is 3.84. The second kappa shape index (κ2) is 11.2. The molecule has 5 heteroatoms. The molecule has 2 unspecified atom stereocenters. The molecular weight excluding hydrogens is 517 g/mol. The first-order valence-electron chi connectivity index (χ1n) is 14.2. The summed E-state index contributed by atoms with van der Waals surface area (Å²) in [7, 11) is -2.24. The van der Waals surface area contributed by atoms with Crippen molar-refractivity contribution in [3.63, 3.8) is 0 Å². The van der Waals surface area contributed by atoms with Gasteiger partial charge in [0.1, 0.15) is 0 Å². The Balaban J connectivity index is 1.44. The zero-order valence-electron chi connectivity index (χ0n) is 22.7. The molecule has 5 aromatic rings. The van der Waals surface area contributed by atoms with Gasteiger partial charge in [0.25, 0.3) is 0 Å². The summed E-state index contributed by atoms with van der Waals surface area (Å²) in [5.41, 5.74) is 7.22. The number of rotatable bonds is 7. The van der Waals surface area contributed by atoms with Crippen LogP contribution in [0, 0.1) is 0 Å². The van der Waals surface area contributed by atoms with Gasteiger partial charge in [0.15, 0.2) is 0 Å². The van der Waals surface area contributed by atoms with Gasteiger partial charge in [0, 0.05) is 22.7 Å². The van der Waals surface area contributed by atoms with Crippen molar-refractivity contribution in [1.82, 2.24) is 0 Å². The predicted octanol–water partition coefficient (Wildman–Crippen LogP) is 8.18. The predicted molar refractivity (Wildman–Crippen MR) is 176 cm³/mol. The highest BCUT2D eigenvalue weighted by Crippen LogP contribution is 2.48. The van der Waals surface area contributed by atoms with Crippen molar-refractivity contribution in [3.05, 3.63) is 170 Å². The third-order valence-corrected chi connectivity index (χ3v) is 11.0. The second-order valence-corrected chi connectivity index (χ2v) is 12.6. The Bertz CT molecular complexity index is 1570. The molecule has 0 fully saturated rings. The first kappa shape index (κ1) is 25.0. The Morgan fingerprint density at radius 3 is 1.54 bits per heavy atom. The van der Waals surface area contributed by atoms with E-state index in [-0.39, 0.29) is 12.1 Å². The summed E-state index contributed by atoms with van der Waals surface area (Å²) in [6, 6.07) is 52.2. The van der Waals surface area contributed by atoms with Crippen LogP contribution >= 0.6 is 0 Å². The molecule has 0 amide bonds. The highest BCUT2D eigenvalue weighted by Gasteiger charge is 2.47. The zero-order valence-corrected chi connectivity index (χ0v) is 23.9. The number of nitrogens with zero attached hydrogens (tertiary/aromatic N) is 3. The maximum absolute atomic E-state index is 3.84. The molecule has 2 atom stereocenters. The molecule has 2 aliphatic rings. The molecule has 0 saturated carbocycles. The van der Waals surface area contributed by atoms with E-state index in [0.29, 0.717) is 0 Å². The molecule has 0 bridgehead atoms. The van der Waals surface area contributed by atoms with Gasteiger partial charge in [-0.3, -0.25) is 0 Å². The van der Waals surface area contributed by atoms with E-state index in [4.69, 9.17) is 0 Å². The molecular formula is C36H32N4Si. The van der Waals surface area contributed by atoms with Crippen LogP contribution in [-0.4, -0.2) is 21.4 Å². The quantitative estimate of drug-likeness (QED) is 0.207. The molecule has 1 aliphatic heterocycles. The number of fused-ring (bicyclic) bond motifs is 1. The molecule has 0 saturated heterocycles. The SMILES string of the molecule is C1=CC(Nc2ccccc2)C(N(c2ccccc2)[SiH]2N(c3ccccc3)c3ccccc3N2c2ccccc2)C=C1. The van der Waals surface area contributed by atoms with Gasteiger partial charge in [0.05, 0.1) is 23.5 Å². The lowest BCUT2D eigenvalue weighted by Crippen LogP contribution is -2.63. The number of allylic oxidation sites excluding steroid dienone is 2. The Labute approximate surface area is 244 Å². The van der Waals surface area contributed by atoms with Crippen molar-refractivity contribution in [2.24, 2.45) is 0 Å². The molecule has 7 rings (SSSR count). The van der Waals surface area contributed by atoms with Gasteiger partial charge < -0.3 is 19.0 Å². The topological polar surface area (TPSA) is 21.8 Å². The van der Waals surface area contributed by atoms with Crippen LogP contribution in [0.4, 0.5) is 34.1 Å². The minimum Gasteiger partial charge on any atom is -0.376 e. The van der Waals surface area contributed by atoms with Crippen LogP contribution in [0.2, 0.25) is 0 Å². The lowest BCUT2D eigenvalue weighted by molar-refractivity contribution is 0.726. The molecule has 1 N–H and O–H groups in total. The number of nitrogens with one attached hydrogen (secondary N) is 1. The summed E-state index contributed by atoms with van der Waals surface area (Å²) in [6.45, 7) is 0. The second-order valence-electron chi connectivity index (χ2n) is 10.3. The van der Waals surface area contributed by atoms with Crippen LogP contribution in [-0.2, 0) is 0 Å². The average Bonchev–Trinajstić information content (AvgIpc) is 3.38. The Hall–Kier alpha value is -5.00. The minimum atomic E-state index is -2.24. The highest BCUT2D eigenvalue weighted by atomic mass is 28.3. The van der Waals surface area contributed by atoms with E-state index in [9.17, 15) is 0 Å². The van der Waals surface area contributed by atoms with Gasteiger partial charge in [0.2, 0.25) is 0 Å². The molecule has 41 heavy (non-hydrogen) atoms. The van der Waals surface area contributed by atoms with Crippen molar-refractivity contribution >= 4 is 43.4 Å². The highest BCUT2D eigenvalue weighted by molar-refractivity contribution is 6.76. The molecule has 200 valence electrons. The number of para-hydroxylation sites is 6. The fourth-order valence-electron chi connectivity index (χ4n) is 5.99. The molecule has 4 nitrogen and oxygen atoms in total. The van der Waals surface area contributed by atoms with E-state index in [2.05, 4.69) is 189 Å². The van der Waals surface area contributed by atoms with E-state index in [1.165, 1.54) is 28.4 Å². The largest absolute Gasteiger partial charge is 0.376 e. The first-order chi connectivity index (χ1) is 20.4. The number of hydrogen-bond acceptors (Lipinski definition) is 4. The van der Waals surface area contributed by atoms with Crippen LogP contribution in [0.25, 0.3) is 0 Å². The number of benzene rings is 5. The molecule has 0 aromatic heterocycles. The fourth-order valence-corrected chi connectivity index (χ4v) is 9.56. The van der Waals surface area contributed by atoms with Crippen molar-refractivity contribution < 1.29 is 0 Å². The summed E-state index contributed by atoms with van der Waals surface area (Å²) < 4.78 is 7.92. The van der Waals surface area contributed by atoms with E-state index in [0.717, 1.165) is 5.69 Å². The third kappa shape index (κ3) is 4.81. The maximum Gasteiger partial charge on any atom is 0.373 e. The van der Waals surface area contributed by atoms with Crippen molar-refractivity contribution in [2.75, 3.05) is 19.0 Å². The molecule has 0 radical (unpaired) electrons. The molecule has 1 aliphatic carbocycles. The lowest BCUT2D eigenvalue weighted by Gasteiger charge is -2.46. The van der Waals surface area contributed by atoms with Crippen molar-refractivity contribution in [1.29, 1.82) is 0 Å². The van der Waals surface area contributed by atoms with Crippen LogP contribution in [0.1, 0.15) is 0 Å². The van der Waals surface area contributed by atoms with Gasteiger partial charge in [-0.15, -0.1) is 0 Å². The number of anilines is 6. The van der Waals surface area contributed by atoms with Crippen molar-refractivity contribution in [3.8, 4) is 0 Å². The first-order valence-corrected chi connectivity index (χ1v) is 15.7. The zero-order chi connectivity index (χ0) is 27.4.